The number of hydrogen-bond donors (Lipinski definition) is 6. The Morgan fingerprint density at radius 2 is 1.00 bits per heavy atom. The van der Waals surface area contributed by atoms with E-state index in [0.717, 1.165) is 57.8 Å². The maximum atomic E-state index is 12.8. The molecule has 6 atom stereocenters. The summed E-state index contributed by atoms with van der Waals surface area (Å²) in [4.78, 5) is 23.1. The highest BCUT2D eigenvalue weighted by Gasteiger charge is 2.51. The Bertz CT molecular complexity index is 1030. The van der Waals surface area contributed by atoms with Crippen molar-refractivity contribution in [1.82, 2.24) is 0 Å². The van der Waals surface area contributed by atoms with Gasteiger partial charge in [-0.3, -0.25) is 13.8 Å². The van der Waals surface area contributed by atoms with Gasteiger partial charge in [0, 0.05) is 13.0 Å². The fourth-order valence-electron chi connectivity index (χ4n) is 6.74. The van der Waals surface area contributed by atoms with Crippen LogP contribution in [0.15, 0.2) is 24.3 Å². The lowest BCUT2D eigenvalue weighted by Crippen LogP contribution is -2.64. The van der Waals surface area contributed by atoms with Gasteiger partial charge >= 0.3 is 13.8 Å². The Labute approximate surface area is 339 Å². The minimum Gasteiger partial charge on any atom is -0.457 e. The van der Waals surface area contributed by atoms with Gasteiger partial charge in [-0.05, 0) is 44.9 Å². The molecule has 1 aliphatic carbocycles. The number of phosphoric acid groups is 1. The van der Waals surface area contributed by atoms with E-state index in [2.05, 4.69) is 38.2 Å². The van der Waals surface area contributed by atoms with Crippen molar-refractivity contribution in [2.24, 2.45) is 0 Å². The molecular weight excluding hydrogens is 739 g/mol. The number of unbranched alkanes of at least 4 members (excludes halogenated alkanes) is 21. The van der Waals surface area contributed by atoms with Crippen molar-refractivity contribution in [3.63, 3.8) is 0 Å². The molecule has 0 aliphatic heterocycles. The molecule has 0 aromatic carbocycles. The van der Waals surface area contributed by atoms with E-state index < -0.39 is 63.1 Å². The number of aliphatic hydroxyl groups is 5. The Balaban J connectivity index is 2.41. The molecule has 0 aromatic heterocycles. The van der Waals surface area contributed by atoms with Gasteiger partial charge in [0.05, 0.1) is 13.2 Å². The highest BCUT2D eigenvalue weighted by atomic mass is 31.2. The lowest BCUT2D eigenvalue weighted by molar-refractivity contribution is -0.220. The molecule has 0 spiro atoms. The lowest BCUT2D eigenvalue weighted by atomic mass is 9.85. The molecule has 13 heteroatoms. The molecule has 6 unspecified atom stereocenters. The Morgan fingerprint density at radius 1 is 0.571 bits per heavy atom. The topological polar surface area (TPSA) is 192 Å². The van der Waals surface area contributed by atoms with Crippen molar-refractivity contribution in [2.75, 3.05) is 19.8 Å². The molecule has 0 aromatic rings. The largest absolute Gasteiger partial charge is 0.472 e. The van der Waals surface area contributed by atoms with Gasteiger partial charge in [-0.25, -0.2) is 4.57 Å². The summed E-state index contributed by atoms with van der Waals surface area (Å²) >= 11 is 0. The first-order valence-electron chi connectivity index (χ1n) is 22.2. The third-order valence-corrected chi connectivity index (χ3v) is 11.3. The first-order valence-corrected chi connectivity index (χ1v) is 23.7. The van der Waals surface area contributed by atoms with E-state index in [1.165, 1.54) is 96.3 Å². The van der Waals surface area contributed by atoms with Crippen molar-refractivity contribution >= 4 is 13.8 Å². The maximum absolute atomic E-state index is 12.8. The van der Waals surface area contributed by atoms with Crippen LogP contribution in [0.3, 0.4) is 0 Å². The van der Waals surface area contributed by atoms with Crippen LogP contribution in [0.4, 0.5) is 0 Å². The molecule has 6 N–H and O–H groups in total. The normalized spacial score (nSPS) is 23.2. The fraction of sp³-hybridized carbons (Fsp3) is 0.884. The number of rotatable bonds is 37. The second kappa shape index (κ2) is 34.7. The summed E-state index contributed by atoms with van der Waals surface area (Å²) in [6.45, 7) is 4.22. The van der Waals surface area contributed by atoms with Crippen LogP contribution in [0.2, 0.25) is 0 Å². The van der Waals surface area contributed by atoms with Gasteiger partial charge < -0.3 is 39.9 Å². The molecule has 1 saturated carbocycles. The Hall–Kier alpha value is -1.18. The van der Waals surface area contributed by atoms with Crippen LogP contribution in [0, 0.1) is 0 Å². The molecule has 0 bridgehead atoms. The predicted octanol–water partition coefficient (Wildman–Crippen LogP) is 8.53. The van der Waals surface area contributed by atoms with Crippen LogP contribution in [-0.4, -0.2) is 98.9 Å². The summed E-state index contributed by atoms with van der Waals surface area (Å²) in [5.41, 5.74) is 0. The number of allylic oxidation sites excluding steroid dienone is 4. The van der Waals surface area contributed by atoms with E-state index in [9.17, 15) is 39.8 Å². The van der Waals surface area contributed by atoms with E-state index in [1.807, 2.05) is 0 Å². The van der Waals surface area contributed by atoms with Crippen LogP contribution in [0.1, 0.15) is 181 Å². The summed E-state index contributed by atoms with van der Waals surface area (Å²) < 4.78 is 34.1. The van der Waals surface area contributed by atoms with E-state index >= 15 is 0 Å². The zero-order valence-corrected chi connectivity index (χ0v) is 35.8. The summed E-state index contributed by atoms with van der Waals surface area (Å²) in [6, 6.07) is 0. The highest BCUT2D eigenvalue weighted by molar-refractivity contribution is 7.47. The molecule has 0 saturated heterocycles. The second-order valence-corrected chi connectivity index (χ2v) is 17.0. The smallest absolute Gasteiger partial charge is 0.457 e. The number of hydrogen-bond acceptors (Lipinski definition) is 11. The zero-order chi connectivity index (χ0) is 41.3. The van der Waals surface area contributed by atoms with Crippen molar-refractivity contribution < 1.29 is 58.3 Å². The number of ether oxygens (including phenoxy) is 2. The third kappa shape index (κ3) is 26.7. The molecule has 1 rings (SSSR count). The Morgan fingerprint density at radius 3 is 1.54 bits per heavy atom. The molecule has 56 heavy (non-hydrogen) atoms. The van der Waals surface area contributed by atoms with E-state index in [-0.39, 0.29) is 13.0 Å². The van der Waals surface area contributed by atoms with Gasteiger partial charge in [0.25, 0.3) is 0 Å². The summed E-state index contributed by atoms with van der Waals surface area (Å²) in [7, 11) is -5.01. The van der Waals surface area contributed by atoms with Crippen LogP contribution < -0.4 is 0 Å². The van der Waals surface area contributed by atoms with Crippen molar-refractivity contribution in [3.05, 3.63) is 24.3 Å². The van der Waals surface area contributed by atoms with Crippen molar-refractivity contribution in [1.29, 1.82) is 0 Å². The van der Waals surface area contributed by atoms with Crippen LogP contribution in [0.25, 0.3) is 0 Å². The average molecular weight is 821 g/mol. The summed E-state index contributed by atoms with van der Waals surface area (Å²) in [6.07, 6.45) is 25.3. The molecule has 12 nitrogen and oxygen atoms in total. The molecule has 1 fully saturated rings. The van der Waals surface area contributed by atoms with Crippen LogP contribution in [0.5, 0.6) is 0 Å². The Kier molecular flexibility index (Phi) is 32.7. The number of esters is 1. The van der Waals surface area contributed by atoms with Crippen LogP contribution >= 0.6 is 7.82 Å². The number of carbonyl (C=O) groups is 1. The number of aliphatic hydroxyl groups excluding tert-OH is 5. The molecule has 0 radical (unpaired) electrons. The third-order valence-electron chi connectivity index (χ3n) is 10.3. The van der Waals surface area contributed by atoms with Gasteiger partial charge in [0.2, 0.25) is 0 Å². The predicted molar refractivity (Wildman–Crippen MR) is 221 cm³/mol. The van der Waals surface area contributed by atoms with Gasteiger partial charge in [0.1, 0.15) is 42.7 Å². The summed E-state index contributed by atoms with van der Waals surface area (Å²) in [5.74, 6) is -0.484. The highest BCUT2D eigenvalue weighted by Crippen LogP contribution is 2.47. The van der Waals surface area contributed by atoms with Gasteiger partial charge in [-0.2, -0.15) is 0 Å². The van der Waals surface area contributed by atoms with Crippen molar-refractivity contribution in [2.45, 2.75) is 224 Å². The van der Waals surface area contributed by atoms with Crippen molar-refractivity contribution in [3.8, 4) is 0 Å². The SMILES string of the molecule is CCCCC/C=C\C/C=C\CCCCCCCCCC(=O)OC(COCCCCCCCCCCCCCC)COP(=O)(O)OC1C(O)C(O)C(O)C(O)C1O. The first-order chi connectivity index (χ1) is 27.0. The van der Waals surface area contributed by atoms with E-state index in [4.69, 9.17) is 18.5 Å². The number of carbonyl (C=O) groups excluding carboxylic acids is 1. The molecule has 330 valence electrons. The molecule has 1 aliphatic rings. The quantitative estimate of drug-likeness (QED) is 0.0152. The number of phosphoric ester groups is 1. The van der Waals surface area contributed by atoms with Crippen LogP contribution in [-0.2, 0) is 27.9 Å². The fourth-order valence-corrected chi connectivity index (χ4v) is 7.71. The van der Waals surface area contributed by atoms with Gasteiger partial charge in [-0.15, -0.1) is 0 Å². The molecular formula is C43H81O12P. The molecule has 0 amide bonds. The zero-order valence-electron chi connectivity index (χ0n) is 34.9. The average Bonchev–Trinajstić information content (AvgIpc) is 3.18. The summed E-state index contributed by atoms with van der Waals surface area (Å²) in [5, 5.41) is 50.1. The monoisotopic (exact) mass is 821 g/mol. The minimum absolute atomic E-state index is 0.0764. The molecule has 0 heterocycles. The van der Waals surface area contributed by atoms with Gasteiger partial charge in [-0.1, -0.05) is 154 Å². The maximum Gasteiger partial charge on any atom is 0.472 e. The minimum atomic E-state index is -5.01. The van der Waals surface area contributed by atoms with Gasteiger partial charge in [0.15, 0.2) is 0 Å². The first kappa shape index (κ1) is 52.8. The lowest BCUT2D eigenvalue weighted by Gasteiger charge is -2.41. The van der Waals surface area contributed by atoms with E-state index in [0.29, 0.717) is 13.0 Å². The second-order valence-electron chi connectivity index (χ2n) is 15.6. The standard InChI is InChI=1S/C43H81O12P/c1-3-5-7-9-11-13-15-17-18-19-20-21-22-24-26-28-30-32-37(44)54-36(34-52-33-31-29-27-25-23-16-14-12-10-8-6-4-2)35-53-56(50,51)55-43-41(48)39(46)38(45)40(47)42(43)49/h11,13,17-18,36,38-43,45-49H,3-10,12,14-16,19-35H2,1-2H3,(H,50,51)/b13-11-,18-17-. The van der Waals surface area contributed by atoms with E-state index in [1.54, 1.807) is 0 Å².